The molecule has 710 valence electrons. The van der Waals surface area contributed by atoms with Crippen molar-refractivity contribution in [3.05, 3.63) is 200 Å². The summed E-state index contributed by atoms with van der Waals surface area (Å²) in [6.07, 6.45) is -16.6. The second-order valence-electron chi connectivity index (χ2n) is 33.5. The number of carbonyl (C=O) groups is 9. The maximum absolute atomic E-state index is 17.0. The fourth-order valence-electron chi connectivity index (χ4n) is 16.7. The van der Waals surface area contributed by atoms with Crippen molar-refractivity contribution in [1.82, 2.24) is 42.1 Å². The normalized spacial score (nSPS) is 24.9. The Labute approximate surface area is 780 Å². The summed E-state index contributed by atoms with van der Waals surface area (Å²) in [5.74, 6) is -18.3. The molecule has 0 aliphatic carbocycles. The third kappa shape index (κ3) is 22.1. The van der Waals surface area contributed by atoms with Crippen LogP contribution < -0.4 is 60.9 Å². The van der Waals surface area contributed by atoms with E-state index in [0.29, 0.717) is 18.8 Å². The molecule has 39 nitrogen and oxygen atoms in total. The molecular formula is C94H96Cl2N10O29. The number of amides is 7. The number of phenols is 4. The van der Waals surface area contributed by atoms with Crippen LogP contribution in [0.15, 0.2) is 146 Å². The maximum Gasteiger partial charge on any atom is 0.339 e. The van der Waals surface area contributed by atoms with E-state index in [1.807, 2.05) is 0 Å². The van der Waals surface area contributed by atoms with Gasteiger partial charge in [0.15, 0.2) is 48.4 Å². The predicted octanol–water partition coefficient (Wildman–Crippen LogP) is 6.06. The second kappa shape index (κ2) is 42.7. The Morgan fingerprint density at radius 1 is 0.548 bits per heavy atom. The Morgan fingerprint density at radius 3 is 1.89 bits per heavy atom. The van der Waals surface area contributed by atoms with Crippen LogP contribution >= 0.6 is 23.2 Å². The lowest BCUT2D eigenvalue weighted by Gasteiger charge is -2.41. The number of aliphatic hydroxyl groups excluding tert-OH is 7. The largest absolute Gasteiger partial charge is 0.508 e. The van der Waals surface area contributed by atoms with Crippen molar-refractivity contribution in [1.29, 1.82) is 10.5 Å². The van der Waals surface area contributed by atoms with Crippen LogP contribution in [0.2, 0.25) is 10.0 Å². The van der Waals surface area contributed by atoms with Crippen LogP contribution in [0.3, 0.4) is 0 Å². The van der Waals surface area contributed by atoms with Crippen LogP contribution in [0.25, 0.3) is 11.1 Å². The van der Waals surface area contributed by atoms with Crippen LogP contribution in [-0.4, -0.2) is 215 Å². The Kier molecular flexibility index (Phi) is 30.8. The van der Waals surface area contributed by atoms with Gasteiger partial charge in [0.1, 0.15) is 137 Å². The van der Waals surface area contributed by atoms with Gasteiger partial charge in [-0.05, 0) is 126 Å². The molecule has 8 unspecified atom stereocenters. The number of unbranched alkanes of at least 4 members (excludes halogenated alkanes) is 5. The van der Waals surface area contributed by atoms with Gasteiger partial charge in [-0.3, -0.25) is 38.5 Å². The van der Waals surface area contributed by atoms with Crippen molar-refractivity contribution in [2.24, 2.45) is 5.92 Å². The Bertz CT molecular complexity index is 5900. The second-order valence-corrected chi connectivity index (χ2v) is 34.3. The van der Waals surface area contributed by atoms with Gasteiger partial charge in [-0.25, -0.2) is 9.59 Å². The first-order valence-electron chi connectivity index (χ1n) is 43.1. The number of nitrogens with one attached hydrogen (secondary N) is 7. The number of halogens is 2. The number of rotatable bonds is 22. The molecule has 135 heavy (non-hydrogen) atoms. The molecule has 8 aliphatic heterocycles. The molecule has 0 saturated carbocycles. The fourth-order valence-corrected chi connectivity index (χ4v) is 17.1. The molecule has 2 saturated heterocycles. The SMILES string of the molecule is CC(C)CCCCCCCCC(=O)N[C@H]1[C@H](Oc2c3cc4cc2Oc2ccc(cc2Cl)C(O)C2NC(=O)C(NC(=O)C4NC(=O)C4NC(=O)C(Cc5ccc(cc5)O3)NC(=O)C(N(C)Cc3ccccc3)c3ccc(O)c(c3)Oc3cc(O)c(Cl)c4c3)c3ccc(O)c(c3)-c3c(O[C@H]4O[C@H](CO)[C@@H](O)[C@H](O)[C@@H]4O)cc(O)cc3C(C(=O)OCC#N)NC2=O)O[C@H](C(=O)OCC#N)[C@@H](O)[C@@H]1O. The molecule has 17 bridgehead atoms. The van der Waals surface area contributed by atoms with Gasteiger partial charge in [0, 0.05) is 53.8 Å². The number of benzene rings is 8. The van der Waals surface area contributed by atoms with Crippen LogP contribution in [-0.2, 0) is 75.1 Å². The summed E-state index contributed by atoms with van der Waals surface area (Å²) in [4.78, 5) is 142. The predicted molar refractivity (Wildman–Crippen MR) is 470 cm³/mol. The van der Waals surface area contributed by atoms with Crippen LogP contribution in [0.5, 0.6) is 69.0 Å². The summed E-state index contributed by atoms with van der Waals surface area (Å²) in [6, 6.07) is 16.8. The summed E-state index contributed by atoms with van der Waals surface area (Å²) in [5, 5.41) is 165. The van der Waals surface area contributed by atoms with E-state index in [9.17, 15) is 81.1 Å². The van der Waals surface area contributed by atoms with Gasteiger partial charge in [0.25, 0.3) is 0 Å². The number of likely N-dealkylation sites (N-methyl/N-ethyl adjacent to an activating group) is 1. The average Bonchev–Trinajstić information content (AvgIpc) is 1.06. The Morgan fingerprint density at radius 2 is 1.19 bits per heavy atom. The lowest BCUT2D eigenvalue weighted by molar-refractivity contribution is -0.277. The van der Waals surface area contributed by atoms with Crippen LogP contribution in [0, 0.1) is 28.6 Å². The number of nitriles is 2. The number of aromatic hydroxyl groups is 4. The van der Waals surface area contributed by atoms with E-state index in [2.05, 4.69) is 51.1 Å². The van der Waals surface area contributed by atoms with Gasteiger partial charge < -0.3 is 136 Å². The average molecular weight is 1900 g/mol. The molecule has 2 fully saturated rings. The van der Waals surface area contributed by atoms with E-state index in [1.54, 1.807) is 54.4 Å². The van der Waals surface area contributed by atoms with E-state index < -0.39 is 284 Å². The minimum Gasteiger partial charge on any atom is -0.508 e. The minimum atomic E-state index is -2.50. The first-order chi connectivity index (χ1) is 64.7. The maximum atomic E-state index is 17.0. The molecule has 18 N–H and O–H groups in total. The molecule has 18 atom stereocenters. The van der Waals surface area contributed by atoms with Gasteiger partial charge in [0.05, 0.1) is 16.7 Å². The minimum absolute atomic E-state index is 0.0953. The highest BCUT2D eigenvalue weighted by Crippen LogP contribution is 2.51. The molecule has 16 rings (SSSR count). The zero-order chi connectivity index (χ0) is 96.5. The van der Waals surface area contributed by atoms with Gasteiger partial charge in [0.2, 0.25) is 59.7 Å². The molecule has 41 heteroatoms. The Hall–Kier alpha value is -13.7. The zero-order valence-electron chi connectivity index (χ0n) is 72.4. The smallest absolute Gasteiger partial charge is 0.339 e. The molecule has 8 aromatic carbocycles. The molecule has 8 heterocycles. The van der Waals surface area contributed by atoms with E-state index >= 15 is 28.8 Å². The number of nitrogens with zero attached hydrogens (tertiary/aromatic N) is 3. The van der Waals surface area contributed by atoms with Crippen molar-refractivity contribution in [3.8, 4) is 92.3 Å². The Balaban J connectivity index is 0.996. The van der Waals surface area contributed by atoms with Crippen molar-refractivity contribution in [2.45, 2.75) is 188 Å². The third-order valence-corrected chi connectivity index (χ3v) is 24.3. The fraction of sp³-hybridized carbons (Fsp3) is 0.372. The number of aliphatic hydroxyl groups is 7. The molecule has 8 aliphatic rings. The van der Waals surface area contributed by atoms with Crippen molar-refractivity contribution >= 4 is 76.5 Å². The monoisotopic (exact) mass is 1900 g/mol. The summed E-state index contributed by atoms with van der Waals surface area (Å²) in [6.45, 7) is 1.41. The zero-order valence-corrected chi connectivity index (χ0v) is 73.9. The number of phenolic OH excluding ortho intramolecular Hbond substituents is 4. The summed E-state index contributed by atoms with van der Waals surface area (Å²) in [5.41, 5.74) is -2.52. The van der Waals surface area contributed by atoms with Gasteiger partial charge in [-0.15, -0.1) is 0 Å². The molecule has 0 radical (unpaired) electrons. The standard InChI is InChI=1S/C94H96Cl2N10O29/c1-43(2)13-9-6-4-5-7-12-16-67(112)100-75-79(115)81(117)84(92(126)128-30-28-98)135-93(75)134-83-64-35-49-36-65(83)131-61-26-21-48(33-56(61)95)77(113)74-89(123)104-73(91(125)127-29-27-97)54-37-50(108)38-63(132-94-82(118)80(116)78(114)66(42-107)133-94)68(54)53-32-46(19-24-58(53)109)70(86(120)105-74)101-87(121)71(49)102-88(122)72-55-39-52(40-60(111)69(55)96)130-62-34-47(20-25-59(62)110)76(106(3)41-45-14-10-8-11-15-45)90(124)99-57(85(119)103-72)31-44-17-22-51(129-64)23-18-44/h8,10-11,14-15,17-26,32-40,43,57,66,70-82,84,93-94,107-111,113-118H,4-7,9,12-13,16,29-31,41-42H2,1-3H3,(H,99,124)(H,100,112)(H,101,121)(H,102,122)(H,103,119)(H,104,123)(H,105,120)/t57?,66-,70?,71?,72?,73?,74?,75-,76?,77?,78-,79-,80+,81+,82+,84+,93-,94+/m1/s1. The van der Waals surface area contributed by atoms with Crippen molar-refractivity contribution in [2.75, 3.05) is 26.9 Å². The summed E-state index contributed by atoms with van der Waals surface area (Å²) < 4.78 is 55.3. The summed E-state index contributed by atoms with van der Waals surface area (Å²) >= 11 is 14.4. The lowest BCUT2D eigenvalue weighted by Crippen LogP contribution is -2.66. The van der Waals surface area contributed by atoms with Crippen molar-refractivity contribution < 1.29 is 142 Å². The van der Waals surface area contributed by atoms with E-state index in [4.69, 9.17) is 65.8 Å². The van der Waals surface area contributed by atoms with Gasteiger partial charge in [-0.2, -0.15) is 10.5 Å². The molecule has 0 spiro atoms. The van der Waals surface area contributed by atoms with E-state index in [-0.39, 0.29) is 46.9 Å². The van der Waals surface area contributed by atoms with Crippen molar-refractivity contribution in [3.63, 3.8) is 0 Å². The number of hydrogen-bond acceptors (Lipinski definition) is 32. The van der Waals surface area contributed by atoms with Crippen LogP contribution in [0.1, 0.15) is 146 Å². The summed E-state index contributed by atoms with van der Waals surface area (Å²) in [7, 11) is 1.62. The lowest BCUT2D eigenvalue weighted by atomic mass is 9.89. The molecule has 0 aromatic heterocycles. The molecular weight excluding hydrogens is 1800 g/mol. The number of ether oxygens (including phenoxy) is 9. The highest BCUT2D eigenvalue weighted by molar-refractivity contribution is 6.33. The van der Waals surface area contributed by atoms with E-state index in [1.165, 1.54) is 42.5 Å². The highest BCUT2D eigenvalue weighted by Gasteiger charge is 2.52. The van der Waals surface area contributed by atoms with E-state index in [0.717, 1.165) is 110 Å². The number of fused-ring (bicyclic) bond motifs is 14. The molecule has 7 amide bonds. The van der Waals surface area contributed by atoms with Gasteiger partial charge in [-0.1, -0.05) is 136 Å². The topological polar surface area (TPSA) is 594 Å². The first kappa shape index (κ1) is 97.4. The quantitative estimate of drug-likeness (QED) is 0.0271. The number of hydrogen-bond donors (Lipinski definition) is 18. The highest BCUT2D eigenvalue weighted by atomic mass is 35.5. The van der Waals surface area contributed by atoms with Crippen LogP contribution in [0.4, 0.5) is 0 Å². The first-order valence-corrected chi connectivity index (χ1v) is 43.9. The number of esters is 2. The number of carbonyl (C=O) groups excluding carboxylic acids is 9. The molecule has 8 aromatic rings. The van der Waals surface area contributed by atoms with Gasteiger partial charge >= 0.3 is 11.9 Å². The third-order valence-electron chi connectivity index (χ3n) is 23.6.